The summed E-state index contributed by atoms with van der Waals surface area (Å²) in [5.41, 5.74) is 2.36. The molecule has 1 aromatic heterocycles. The van der Waals surface area contributed by atoms with Crippen molar-refractivity contribution in [3.05, 3.63) is 35.2 Å². The minimum absolute atomic E-state index is 0.581. The van der Waals surface area contributed by atoms with Gasteiger partial charge >= 0.3 is 0 Å². The average Bonchev–Trinajstić information content (AvgIpc) is 2.30. The summed E-state index contributed by atoms with van der Waals surface area (Å²) in [5.74, 6) is 0.685. The zero-order valence-electron chi connectivity index (χ0n) is 9.41. The number of pyridine rings is 1. The fraction of sp³-hybridized carbons (Fsp3) is 0.250. The number of allylic oxidation sites excluding steroid dienone is 1. The molecule has 0 atom stereocenters. The maximum atomic E-state index is 8.75. The van der Waals surface area contributed by atoms with Crippen LogP contribution >= 0.6 is 0 Å². The number of hydrogen-bond donors (Lipinski definition) is 2. The first-order valence-corrected chi connectivity index (χ1v) is 5.04. The van der Waals surface area contributed by atoms with Crippen molar-refractivity contribution in [3.63, 3.8) is 0 Å². The van der Waals surface area contributed by atoms with Crippen LogP contribution in [0.3, 0.4) is 0 Å². The number of anilines is 1. The standard InChI is InChI=1S/C12H14N4/c1-3-10(5-13)7-15-12-4-9(2)11(6-14)8-16-12/h4-5,7-8,13H,3H2,1-2H3,(H,15,16)/b10-7-,13-5?. The van der Waals surface area contributed by atoms with Gasteiger partial charge in [0.1, 0.15) is 11.9 Å². The van der Waals surface area contributed by atoms with E-state index in [1.165, 1.54) is 6.21 Å². The number of hydrogen-bond acceptors (Lipinski definition) is 4. The third kappa shape index (κ3) is 2.92. The molecule has 1 rings (SSSR count). The van der Waals surface area contributed by atoms with E-state index in [1.807, 2.05) is 19.9 Å². The Hall–Kier alpha value is -2.15. The molecule has 2 N–H and O–H groups in total. The second-order valence-electron chi connectivity index (χ2n) is 3.36. The Labute approximate surface area is 95.1 Å². The number of aryl methyl sites for hydroxylation is 1. The summed E-state index contributed by atoms with van der Waals surface area (Å²) in [5, 5.41) is 18.9. The van der Waals surface area contributed by atoms with Crippen LogP contribution in [0.2, 0.25) is 0 Å². The Kier molecular flexibility index (Phi) is 4.22. The molecule has 0 saturated heterocycles. The molecule has 1 heterocycles. The largest absolute Gasteiger partial charge is 0.346 e. The van der Waals surface area contributed by atoms with Crippen molar-refractivity contribution < 1.29 is 0 Å². The third-order valence-corrected chi connectivity index (χ3v) is 2.23. The molecular formula is C12H14N4. The van der Waals surface area contributed by atoms with Gasteiger partial charge in [-0.1, -0.05) is 6.92 Å². The van der Waals surface area contributed by atoms with Crippen molar-refractivity contribution in [1.29, 1.82) is 10.7 Å². The maximum Gasteiger partial charge on any atom is 0.130 e. The zero-order valence-corrected chi connectivity index (χ0v) is 9.41. The number of nitriles is 1. The average molecular weight is 214 g/mol. The van der Waals surface area contributed by atoms with Crippen molar-refractivity contribution in [3.8, 4) is 6.07 Å². The predicted octanol–water partition coefficient (Wildman–Crippen LogP) is 2.62. The molecule has 4 nitrogen and oxygen atoms in total. The number of rotatable bonds is 4. The maximum absolute atomic E-state index is 8.75. The second kappa shape index (κ2) is 5.66. The molecule has 0 fully saturated rings. The Bertz CT molecular complexity index is 455. The van der Waals surface area contributed by atoms with E-state index >= 15 is 0 Å². The Morgan fingerprint density at radius 3 is 2.94 bits per heavy atom. The second-order valence-corrected chi connectivity index (χ2v) is 3.36. The van der Waals surface area contributed by atoms with Crippen LogP contribution in [0, 0.1) is 23.7 Å². The highest BCUT2D eigenvalue weighted by atomic mass is 15.0. The van der Waals surface area contributed by atoms with Crippen molar-refractivity contribution in [2.45, 2.75) is 20.3 Å². The summed E-state index contributed by atoms with van der Waals surface area (Å²) in [4.78, 5) is 4.10. The first kappa shape index (κ1) is 11.9. The molecule has 0 aliphatic rings. The van der Waals surface area contributed by atoms with Crippen LogP contribution in [-0.4, -0.2) is 11.2 Å². The molecule has 0 aromatic carbocycles. The van der Waals surface area contributed by atoms with E-state index in [9.17, 15) is 0 Å². The molecule has 0 spiro atoms. The molecular weight excluding hydrogens is 200 g/mol. The summed E-state index contributed by atoms with van der Waals surface area (Å²) in [6.45, 7) is 3.85. The van der Waals surface area contributed by atoms with E-state index in [0.717, 1.165) is 17.6 Å². The molecule has 1 aromatic rings. The van der Waals surface area contributed by atoms with Gasteiger partial charge in [-0.25, -0.2) is 4.98 Å². The van der Waals surface area contributed by atoms with E-state index in [0.29, 0.717) is 11.4 Å². The van der Waals surface area contributed by atoms with Gasteiger partial charge < -0.3 is 10.7 Å². The summed E-state index contributed by atoms with van der Waals surface area (Å²) < 4.78 is 0. The Morgan fingerprint density at radius 1 is 1.69 bits per heavy atom. The molecule has 0 bridgehead atoms. The molecule has 0 amide bonds. The summed E-state index contributed by atoms with van der Waals surface area (Å²) in [6, 6.07) is 3.88. The summed E-state index contributed by atoms with van der Waals surface area (Å²) in [7, 11) is 0. The van der Waals surface area contributed by atoms with Crippen molar-refractivity contribution in [1.82, 2.24) is 4.98 Å². The minimum atomic E-state index is 0.581. The lowest BCUT2D eigenvalue weighted by Gasteiger charge is -2.03. The molecule has 0 radical (unpaired) electrons. The van der Waals surface area contributed by atoms with E-state index < -0.39 is 0 Å². The highest BCUT2D eigenvalue weighted by Gasteiger charge is 1.99. The third-order valence-electron chi connectivity index (χ3n) is 2.23. The highest BCUT2D eigenvalue weighted by molar-refractivity contribution is 5.76. The number of nitrogens with one attached hydrogen (secondary N) is 2. The monoisotopic (exact) mass is 214 g/mol. The molecule has 0 aliphatic heterocycles. The van der Waals surface area contributed by atoms with Gasteiger partial charge in [0.05, 0.1) is 5.56 Å². The van der Waals surface area contributed by atoms with Gasteiger partial charge in [-0.2, -0.15) is 5.26 Å². The molecule has 16 heavy (non-hydrogen) atoms. The smallest absolute Gasteiger partial charge is 0.130 e. The van der Waals surface area contributed by atoms with E-state index in [2.05, 4.69) is 16.4 Å². The quantitative estimate of drug-likeness (QED) is 0.757. The van der Waals surface area contributed by atoms with Gasteiger partial charge in [0.15, 0.2) is 0 Å². The summed E-state index contributed by atoms with van der Waals surface area (Å²) >= 11 is 0. The van der Waals surface area contributed by atoms with Gasteiger partial charge in [0.25, 0.3) is 0 Å². The van der Waals surface area contributed by atoms with Gasteiger partial charge in [-0.15, -0.1) is 0 Å². The van der Waals surface area contributed by atoms with Crippen LogP contribution in [0.4, 0.5) is 5.82 Å². The highest BCUT2D eigenvalue weighted by Crippen LogP contribution is 2.11. The molecule has 4 heteroatoms. The fourth-order valence-corrected chi connectivity index (χ4v) is 1.16. The molecule has 0 saturated carbocycles. The topological polar surface area (TPSA) is 72.6 Å². The van der Waals surface area contributed by atoms with Gasteiger partial charge in [0.2, 0.25) is 0 Å². The molecule has 0 aliphatic carbocycles. The van der Waals surface area contributed by atoms with Gasteiger partial charge in [0, 0.05) is 18.6 Å². The van der Waals surface area contributed by atoms with Gasteiger partial charge in [-0.05, 0) is 30.5 Å². The van der Waals surface area contributed by atoms with E-state index in [-0.39, 0.29) is 0 Å². The first-order chi connectivity index (χ1) is 7.71. The van der Waals surface area contributed by atoms with Crippen LogP contribution in [0.1, 0.15) is 24.5 Å². The lowest BCUT2D eigenvalue weighted by atomic mass is 10.2. The predicted molar refractivity (Wildman–Crippen MR) is 64.5 cm³/mol. The van der Waals surface area contributed by atoms with Gasteiger partial charge in [-0.3, -0.25) is 0 Å². The van der Waals surface area contributed by atoms with Crippen molar-refractivity contribution >= 4 is 12.0 Å². The van der Waals surface area contributed by atoms with Crippen LogP contribution in [0.25, 0.3) is 0 Å². The van der Waals surface area contributed by atoms with Crippen molar-refractivity contribution in [2.24, 2.45) is 0 Å². The first-order valence-electron chi connectivity index (χ1n) is 5.04. The van der Waals surface area contributed by atoms with Crippen LogP contribution in [-0.2, 0) is 0 Å². The van der Waals surface area contributed by atoms with Crippen molar-refractivity contribution in [2.75, 3.05) is 5.32 Å². The molecule has 0 unspecified atom stereocenters. The van der Waals surface area contributed by atoms with Crippen LogP contribution < -0.4 is 5.32 Å². The lowest BCUT2D eigenvalue weighted by molar-refractivity contribution is 1.16. The molecule has 82 valence electrons. The van der Waals surface area contributed by atoms with Crippen LogP contribution in [0.15, 0.2) is 24.0 Å². The zero-order chi connectivity index (χ0) is 12.0. The number of nitrogens with zero attached hydrogens (tertiary/aromatic N) is 2. The lowest BCUT2D eigenvalue weighted by Crippen LogP contribution is -1.96. The summed E-state index contributed by atoms with van der Waals surface area (Å²) in [6.07, 6.45) is 5.40. The van der Waals surface area contributed by atoms with Crippen LogP contribution in [0.5, 0.6) is 0 Å². The Morgan fingerprint density at radius 2 is 2.44 bits per heavy atom. The minimum Gasteiger partial charge on any atom is -0.346 e. The normalized spacial score (nSPS) is 10.7. The van der Waals surface area contributed by atoms with E-state index in [1.54, 1.807) is 12.4 Å². The number of aromatic nitrogens is 1. The van der Waals surface area contributed by atoms with E-state index in [4.69, 9.17) is 10.7 Å². The fourth-order valence-electron chi connectivity index (χ4n) is 1.16. The SMILES string of the molecule is CC/C(C=N)=C/Nc1cc(C)c(C#N)cn1. The Balaban J connectivity index is 2.84.